The molecule has 0 spiro atoms. The summed E-state index contributed by atoms with van der Waals surface area (Å²) in [4.78, 5) is 49.6. The van der Waals surface area contributed by atoms with Gasteiger partial charge in [0.1, 0.15) is 18.6 Å². The summed E-state index contributed by atoms with van der Waals surface area (Å²) in [5.41, 5.74) is 0. The predicted molar refractivity (Wildman–Crippen MR) is 150 cm³/mol. The van der Waals surface area contributed by atoms with Crippen LogP contribution in [-0.2, 0) is 19.1 Å². The highest BCUT2D eigenvalue weighted by molar-refractivity contribution is 5.92. The summed E-state index contributed by atoms with van der Waals surface area (Å²) >= 11 is 0. The third kappa shape index (κ3) is 18.8. The monoisotopic (exact) mass is 542 g/mol. The van der Waals surface area contributed by atoms with Crippen LogP contribution in [0.5, 0.6) is 0 Å². The zero-order chi connectivity index (χ0) is 28.6. The second-order valence-corrected chi connectivity index (χ2v) is 10.0. The fraction of sp³-hybridized carbons (Fsp3) is 0.857. The van der Waals surface area contributed by atoms with Crippen LogP contribution in [0.1, 0.15) is 111 Å². The van der Waals surface area contributed by atoms with Crippen molar-refractivity contribution >= 4 is 23.8 Å². The van der Waals surface area contributed by atoms with Crippen LogP contribution < -0.4 is 16.0 Å². The molecule has 0 aromatic heterocycles. The number of carbonyl (C=O) groups excluding carboxylic acids is 3. The lowest BCUT2D eigenvalue weighted by molar-refractivity contribution is -0.138. The van der Waals surface area contributed by atoms with Crippen LogP contribution in [-0.4, -0.2) is 79.3 Å². The van der Waals surface area contributed by atoms with Gasteiger partial charge in [-0.3, -0.25) is 14.4 Å². The fourth-order valence-corrected chi connectivity index (χ4v) is 3.92. The summed E-state index contributed by atoms with van der Waals surface area (Å²) in [7, 11) is 1.53. The maximum absolute atomic E-state index is 12.9. The molecule has 0 heterocycles. The lowest BCUT2D eigenvalue weighted by Gasteiger charge is -2.28. The van der Waals surface area contributed by atoms with Crippen LogP contribution in [0.3, 0.4) is 0 Å². The average Bonchev–Trinajstić information content (AvgIpc) is 2.89. The molecule has 0 radical (unpaired) electrons. The van der Waals surface area contributed by atoms with Crippen molar-refractivity contribution < 1.29 is 29.0 Å². The third-order valence-electron chi connectivity index (χ3n) is 6.48. The predicted octanol–water partition coefficient (Wildman–Crippen LogP) is 4.22. The molecule has 0 aliphatic heterocycles. The molecule has 0 saturated carbocycles. The zero-order valence-corrected chi connectivity index (χ0v) is 24.3. The summed E-state index contributed by atoms with van der Waals surface area (Å²) in [6.07, 6.45) is 16.7. The van der Waals surface area contributed by atoms with Gasteiger partial charge in [-0.1, -0.05) is 90.9 Å². The molecule has 0 aliphatic carbocycles. The van der Waals surface area contributed by atoms with Gasteiger partial charge in [0.05, 0.1) is 6.61 Å². The topological polar surface area (TPSA) is 137 Å². The van der Waals surface area contributed by atoms with Crippen LogP contribution >= 0.6 is 0 Å². The van der Waals surface area contributed by atoms with Crippen molar-refractivity contribution in [3.05, 3.63) is 0 Å². The zero-order valence-electron chi connectivity index (χ0n) is 24.3. The van der Waals surface area contributed by atoms with Crippen LogP contribution in [0.25, 0.3) is 0 Å². The van der Waals surface area contributed by atoms with Crippen molar-refractivity contribution in [2.75, 3.05) is 33.4 Å². The van der Waals surface area contributed by atoms with Gasteiger partial charge in [0, 0.05) is 20.2 Å². The lowest BCUT2D eigenvalue weighted by Crippen LogP contribution is -2.56. The van der Waals surface area contributed by atoms with Gasteiger partial charge in [-0.15, -0.1) is 0 Å². The molecule has 10 nitrogen and oxygen atoms in total. The molecule has 4 amide bonds. The number of hydrogen-bond donors (Lipinski definition) is 4. The van der Waals surface area contributed by atoms with Gasteiger partial charge in [0.2, 0.25) is 11.8 Å². The van der Waals surface area contributed by atoms with Gasteiger partial charge in [-0.25, -0.2) is 4.79 Å². The van der Waals surface area contributed by atoms with E-state index in [1.165, 1.54) is 76.7 Å². The number of nitrogens with one attached hydrogen (secondary N) is 3. The minimum atomic E-state index is -1.18. The first-order valence-corrected chi connectivity index (χ1v) is 14.6. The summed E-state index contributed by atoms with van der Waals surface area (Å²) in [6, 6.07) is -2.27. The molecular formula is C28H54N4O6. The molecule has 0 saturated heterocycles. The number of ether oxygens (including phenoxy) is 1. The molecule has 10 heteroatoms. The van der Waals surface area contributed by atoms with E-state index < -0.39 is 36.4 Å². The maximum Gasteiger partial charge on any atom is 0.322 e. The Morgan fingerprint density at radius 3 is 1.82 bits per heavy atom. The maximum atomic E-state index is 12.9. The first-order chi connectivity index (χ1) is 18.2. The number of unbranched alkanes of at least 4 members (excludes halogenated alkanes) is 12. The lowest BCUT2D eigenvalue weighted by atomic mass is 10.1. The minimum absolute atomic E-state index is 0.00216. The van der Waals surface area contributed by atoms with Crippen molar-refractivity contribution in [2.45, 2.75) is 123 Å². The van der Waals surface area contributed by atoms with E-state index in [9.17, 15) is 19.2 Å². The number of rotatable bonds is 24. The number of nitrogens with zero attached hydrogens (tertiary/aromatic N) is 1. The van der Waals surface area contributed by atoms with E-state index >= 15 is 0 Å². The number of likely N-dealkylation sites (N-methyl/N-ethyl adjacent to an activating group) is 1. The number of hydrogen-bond acceptors (Lipinski definition) is 5. The largest absolute Gasteiger partial charge is 0.480 e. The summed E-state index contributed by atoms with van der Waals surface area (Å²) in [6.45, 7) is 6.17. The molecule has 0 aromatic carbocycles. The number of amides is 4. The molecule has 0 aliphatic rings. The molecule has 0 bridgehead atoms. The van der Waals surface area contributed by atoms with Crippen LogP contribution in [0.15, 0.2) is 0 Å². The second kappa shape index (κ2) is 23.7. The van der Waals surface area contributed by atoms with Crippen LogP contribution in [0.4, 0.5) is 4.79 Å². The molecular weight excluding hydrogens is 488 g/mol. The molecule has 2 atom stereocenters. The van der Waals surface area contributed by atoms with Crippen molar-refractivity contribution in [1.82, 2.24) is 20.9 Å². The van der Waals surface area contributed by atoms with E-state index in [-0.39, 0.29) is 12.6 Å². The Labute approximate surface area is 230 Å². The Kier molecular flexibility index (Phi) is 22.3. The highest BCUT2D eigenvalue weighted by Gasteiger charge is 2.29. The smallest absolute Gasteiger partial charge is 0.322 e. The summed E-state index contributed by atoms with van der Waals surface area (Å²) in [5.74, 6) is -2.34. The number of aliphatic carboxylic acids is 1. The Bertz CT molecular complexity index is 661. The van der Waals surface area contributed by atoms with E-state index in [2.05, 4.69) is 22.9 Å². The first kappa shape index (κ1) is 35.6. The van der Waals surface area contributed by atoms with Crippen LogP contribution in [0.2, 0.25) is 0 Å². The third-order valence-corrected chi connectivity index (χ3v) is 6.48. The van der Waals surface area contributed by atoms with Crippen molar-refractivity contribution in [2.24, 2.45) is 0 Å². The summed E-state index contributed by atoms with van der Waals surface area (Å²) < 4.78 is 5.61. The summed E-state index contributed by atoms with van der Waals surface area (Å²) in [5, 5.41) is 16.4. The Balaban J connectivity index is 4.41. The highest BCUT2D eigenvalue weighted by atomic mass is 16.5. The Morgan fingerprint density at radius 2 is 1.29 bits per heavy atom. The van der Waals surface area contributed by atoms with Crippen LogP contribution in [0, 0.1) is 0 Å². The second-order valence-electron chi connectivity index (χ2n) is 10.0. The number of urea groups is 1. The quantitative estimate of drug-likeness (QED) is 0.135. The standard InChI is InChI=1S/C28H54N4O6/c1-5-7-9-10-11-12-13-14-15-16-17-18-19-29-28(37)32(4)24(22-38-20-8-6-2)27(36)31-23(3)26(35)30-21-25(33)34/h23-24H,5-22H2,1-4H3,(H,29,37)(H,30,35)(H,31,36)(H,33,34)/t23-,24-/m1/s1. The molecule has 222 valence electrons. The van der Waals surface area contributed by atoms with E-state index in [1.54, 1.807) is 0 Å². The SMILES string of the molecule is CCCCCCCCCCCCCCNC(=O)N(C)[C@H](COCCCC)C(=O)N[C@H](C)C(=O)NCC(=O)O. The molecule has 4 N–H and O–H groups in total. The van der Waals surface area contributed by atoms with Gasteiger partial charge in [-0.2, -0.15) is 0 Å². The number of carbonyl (C=O) groups is 4. The van der Waals surface area contributed by atoms with Gasteiger partial charge >= 0.3 is 12.0 Å². The van der Waals surface area contributed by atoms with Crippen molar-refractivity contribution in [3.63, 3.8) is 0 Å². The minimum Gasteiger partial charge on any atom is -0.480 e. The van der Waals surface area contributed by atoms with Crippen molar-refractivity contribution in [3.8, 4) is 0 Å². The molecule has 0 rings (SSSR count). The van der Waals surface area contributed by atoms with E-state index in [1.807, 2.05) is 6.92 Å². The molecule has 0 fully saturated rings. The van der Waals surface area contributed by atoms with Crippen molar-refractivity contribution in [1.29, 1.82) is 0 Å². The Morgan fingerprint density at radius 1 is 0.763 bits per heavy atom. The van der Waals surface area contributed by atoms with Gasteiger partial charge in [0.15, 0.2) is 0 Å². The average molecular weight is 543 g/mol. The molecule has 0 unspecified atom stereocenters. The Hall–Kier alpha value is -2.36. The number of carboxylic acids is 1. The van der Waals surface area contributed by atoms with Gasteiger partial charge in [-0.05, 0) is 19.8 Å². The normalized spacial score (nSPS) is 12.4. The highest BCUT2D eigenvalue weighted by Crippen LogP contribution is 2.12. The van der Waals surface area contributed by atoms with E-state index in [4.69, 9.17) is 9.84 Å². The van der Waals surface area contributed by atoms with Gasteiger partial charge < -0.3 is 30.7 Å². The number of carboxylic acid groups (broad SMARTS) is 1. The first-order valence-electron chi connectivity index (χ1n) is 14.6. The van der Waals surface area contributed by atoms with E-state index in [0.717, 1.165) is 32.1 Å². The fourth-order valence-electron chi connectivity index (χ4n) is 3.92. The van der Waals surface area contributed by atoms with E-state index in [0.29, 0.717) is 13.2 Å². The molecule has 38 heavy (non-hydrogen) atoms. The molecule has 0 aromatic rings. The van der Waals surface area contributed by atoms with Gasteiger partial charge in [0.25, 0.3) is 0 Å².